The van der Waals surface area contributed by atoms with Crippen LogP contribution in [-0.4, -0.2) is 72.4 Å². The quantitative estimate of drug-likeness (QED) is 0.185. The summed E-state index contributed by atoms with van der Waals surface area (Å²) in [5, 5.41) is 5.57. The van der Waals surface area contributed by atoms with Gasteiger partial charge in [0, 0.05) is 17.7 Å². The molecule has 0 bridgehead atoms. The largest absolute Gasteiger partial charge is 0.434 e. The minimum absolute atomic E-state index is 0.0118. The summed E-state index contributed by atoms with van der Waals surface area (Å²) in [6.45, 7) is 7.40. The molecule has 262 valence electrons. The van der Waals surface area contributed by atoms with Crippen molar-refractivity contribution in [2.45, 2.75) is 63.6 Å². The first-order valence-electron chi connectivity index (χ1n) is 16.3. The molecule has 1 fully saturated rings. The van der Waals surface area contributed by atoms with Gasteiger partial charge in [0.25, 0.3) is 27.7 Å². The lowest BCUT2D eigenvalue weighted by atomic mass is 9.98. The summed E-state index contributed by atoms with van der Waals surface area (Å²) in [6.07, 6.45) is 0.930. The van der Waals surface area contributed by atoms with E-state index in [9.17, 15) is 32.4 Å². The lowest BCUT2D eigenvalue weighted by molar-refractivity contribution is -0.140. The first kappa shape index (κ1) is 35.9. The van der Waals surface area contributed by atoms with Crippen LogP contribution in [0.5, 0.6) is 0 Å². The Hall–Kier alpha value is -5.37. The monoisotopic (exact) mass is 701 g/mol. The lowest BCUT2D eigenvalue weighted by Crippen LogP contribution is -2.57. The molecule has 2 heterocycles. The number of hydrogen-bond acceptors (Lipinski definition) is 9. The molecule has 0 saturated carbocycles. The highest BCUT2D eigenvalue weighted by Crippen LogP contribution is 2.23. The molecule has 1 aliphatic rings. The van der Waals surface area contributed by atoms with E-state index in [1.54, 1.807) is 58.0 Å². The Bertz CT molecular complexity index is 1980. The zero-order chi connectivity index (χ0) is 36.2. The van der Waals surface area contributed by atoms with Crippen LogP contribution in [0.15, 0.2) is 88.2 Å². The Morgan fingerprint density at radius 1 is 0.780 bits per heavy atom. The van der Waals surface area contributed by atoms with Crippen LogP contribution in [0.2, 0.25) is 0 Å². The number of likely N-dealkylation sites (tertiary alicyclic amines) is 1. The van der Waals surface area contributed by atoms with Crippen molar-refractivity contribution in [3.8, 4) is 0 Å². The fourth-order valence-electron chi connectivity index (χ4n) is 5.73. The summed E-state index contributed by atoms with van der Waals surface area (Å²) in [7, 11) is -4.09. The van der Waals surface area contributed by atoms with Crippen molar-refractivity contribution in [1.29, 1.82) is 0 Å². The van der Waals surface area contributed by atoms with Crippen LogP contribution in [0.25, 0.3) is 11.1 Å². The van der Waals surface area contributed by atoms with Gasteiger partial charge < -0.3 is 20.0 Å². The van der Waals surface area contributed by atoms with Crippen LogP contribution < -0.4 is 15.4 Å². The maximum Gasteiger partial charge on any atom is 0.266 e. The van der Waals surface area contributed by atoms with Gasteiger partial charge in [-0.05, 0) is 73.2 Å². The van der Waals surface area contributed by atoms with E-state index in [1.807, 2.05) is 4.72 Å². The number of oxazole rings is 1. The first-order chi connectivity index (χ1) is 23.8. The van der Waals surface area contributed by atoms with Gasteiger partial charge >= 0.3 is 0 Å². The SMILES string of the molecule is CC(C)C(NC(=O)[C@@H]1CCCN1C(=O)C(NC(=O)c1ccc(C(=O)NS(=O)(=O)c2ccccc2)cc1)C(C)C)C(=O)c1nc2ccccc2o1. The number of aromatic nitrogens is 1. The number of rotatable bonds is 12. The fraction of sp³-hybridized carbons (Fsp3) is 0.333. The molecule has 13 nitrogen and oxygen atoms in total. The summed E-state index contributed by atoms with van der Waals surface area (Å²) in [6, 6.07) is 16.9. The highest BCUT2D eigenvalue weighted by molar-refractivity contribution is 7.90. The van der Waals surface area contributed by atoms with Crippen LogP contribution in [0.1, 0.15) is 71.9 Å². The molecule has 3 N–H and O–H groups in total. The summed E-state index contributed by atoms with van der Waals surface area (Å²) in [4.78, 5) is 72.5. The van der Waals surface area contributed by atoms with Crippen LogP contribution in [0, 0.1) is 11.8 Å². The number of ketones is 1. The van der Waals surface area contributed by atoms with Crippen molar-refractivity contribution in [2.75, 3.05) is 6.54 Å². The molecule has 4 amide bonds. The number of fused-ring (bicyclic) bond motifs is 1. The fourth-order valence-corrected chi connectivity index (χ4v) is 6.72. The molecule has 0 spiro atoms. The van der Waals surface area contributed by atoms with E-state index < -0.39 is 57.6 Å². The third-order valence-corrected chi connectivity index (χ3v) is 9.85. The van der Waals surface area contributed by atoms with Gasteiger partial charge in [0.2, 0.25) is 17.6 Å². The van der Waals surface area contributed by atoms with E-state index in [1.165, 1.54) is 53.4 Å². The Morgan fingerprint density at radius 3 is 2.00 bits per heavy atom. The van der Waals surface area contributed by atoms with Gasteiger partial charge in [-0.15, -0.1) is 0 Å². The Labute approximate surface area is 289 Å². The summed E-state index contributed by atoms with van der Waals surface area (Å²) in [5.74, 6) is -3.65. The third kappa shape index (κ3) is 7.91. The molecule has 3 atom stereocenters. The number of sulfonamides is 1. The second kappa shape index (κ2) is 15.0. The number of carbonyl (C=O) groups is 5. The van der Waals surface area contributed by atoms with Crippen molar-refractivity contribution < 1.29 is 36.8 Å². The van der Waals surface area contributed by atoms with Crippen molar-refractivity contribution >= 4 is 50.5 Å². The van der Waals surface area contributed by atoms with E-state index in [4.69, 9.17) is 4.42 Å². The second-order valence-electron chi connectivity index (χ2n) is 12.8. The summed E-state index contributed by atoms with van der Waals surface area (Å²) >= 11 is 0. The van der Waals surface area contributed by atoms with Crippen LogP contribution in [0.3, 0.4) is 0 Å². The molecule has 14 heteroatoms. The van der Waals surface area contributed by atoms with Gasteiger partial charge in [0.05, 0.1) is 10.9 Å². The van der Waals surface area contributed by atoms with Gasteiger partial charge in [0.1, 0.15) is 17.6 Å². The number of carbonyl (C=O) groups excluding carboxylic acids is 5. The van der Waals surface area contributed by atoms with Crippen LogP contribution in [-0.2, 0) is 19.6 Å². The number of benzene rings is 3. The zero-order valence-electron chi connectivity index (χ0n) is 28.1. The number of nitrogens with one attached hydrogen (secondary N) is 3. The van der Waals surface area contributed by atoms with Gasteiger partial charge in [-0.1, -0.05) is 58.0 Å². The number of para-hydroxylation sites is 2. The van der Waals surface area contributed by atoms with Gasteiger partial charge in [0.15, 0.2) is 5.58 Å². The minimum atomic E-state index is -4.09. The number of nitrogens with zero attached hydrogens (tertiary/aromatic N) is 2. The molecule has 2 unspecified atom stereocenters. The molecule has 5 rings (SSSR count). The average molecular weight is 702 g/mol. The molecular formula is C36H39N5O8S. The van der Waals surface area contributed by atoms with Crippen molar-refractivity contribution in [3.05, 3.63) is 95.9 Å². The average Bonchev–Trinajstić information content (AvgIpc) is 3.77. The predicted octanol–water partition coefficient (Wildman–Crippen LogP) is 3.72. The van der Waals surface area contributed by atoms with E-state index >= 15 is 0 Å². The standard InChI is InChI=1S/C36H39N5O8S/c1-21(2)29(31(42)35-37-26-13-8-9-15-28(26)49-35)38-34(45)27-14-10-20-41(27)36(46)30(22(3)4)39-32(43)23-16-18-24(19-17-23)33(44)40-50(47,48)25-11-6-5-7-12-25/h5-9,11-13,15-19,21-22,27,29-30H,10,14,20H2,1-4H3,(H,38,45)(H,39,43)(H,40,44)/t27-,29?,30?/m0/s1. The molecule has 50 heavy (non-hydrogen) atoms. The molecule has 0 aliphatic carbocycles. The zero-order valence-corrected chi connectivity index (χ0v) is 28.9. The molecule has 0 radical (unpaired) electrons. The highest BCUT2D eigenvalue weighted by Gasteiger charge is 2.40. The number of hydrogen-bond donors (Lipinski definition) is 3. The molecule has 1 aromatic heterocycles. The molecular weight excluding hydrogens is 662 g/mol. The van der Waals surface area contributed by atoms with E-state index in [2.05, 4.69) is 15.6 Å². The maximum absolute atomic E-state index is 13.9. The van der Waals surface area contributed by atoms with Crippen molar-refractivity contribution in [3.63, 3.8) is 0 Å². The van der Waals surface area contributed by atoms with E-state index in [0.717, 1.165) is 0 Å². The van der Waals surface area contributed by atoms with Crippen molar-refractivity contribution in [2.24, 2.45) is 11.8 Å². The number of Topliss-reactive ketones (excluding diaryl/α,β-unsaturated/α-hetero) is 1. The molecule has 3 aromatic carbocycles. The van der Waals surface area contributed by atoms with E-state index in [0.29, 0.717) is 23.9 Å². The van der Waals surface area contributed by atoms with E-state index in [-0.39, 0.29) is 40.3 Å². The second-order valence-corrected chi connectivity index (χ2v) is 14.5. The Morgan fingerprint density at radius 2 is 1.38 bits per heavy atom. The Balaban J connectivity index is 1.24. The van der Waals surface area contributed by atoms with Gasteiger partial charge in [-0.25, -0.2) is 18.1 Å². The smallest absolute Gasteiger partial charge is 0.266 e. The molecule has 4 aromatic rings. The van der Waals surface area contributed by atoms with Crippen LogP contribution in [0.4, 0.5) is 0 Å². The molecule has 1 aliphatic heterocycles. The molecule has 1 saturated heterocycles. The topological polar surface area (TPSA) is 185 Å². The lowest BCUT2D eigenvalue weighted by Gasteiger charge is -2.31. The first-order valence-corrected chi connectivity index (χ1v) is 17.8. The van der Waals surface area contributed by atoms with Crippen LogP contribution >= 0.6 is 0 Å². The summed E-state index contributed by atoms with van der Waals surface area (Å²) < 4.78 is 32.7. The van der Waals surface area contributed by atoms with Gasteiger partial charge in [-0.3, -0.25) is 24.0 Å². The number of amides is 4. The predicted molar refractivity (Wildman–Crippen MR) is 183 cm³/mol. The summed E-state index contributed by atoms with van der Waals surface area (Å²) in [5.41, 5.74) is 1.13. The minimum Gasteiger partial charge on any atom is -0.434 e. The third-order valence-electron chi connectivity index (χ3n) is 8.50. The maximum atomic E-state index is 13.9. The Kier molecular flexibility index (Phi) is 10.8. The van der Waals surface area contributed by atoms with Gasteiger partial charge in [-0.2, -0.15) is 0 Å². The van der Waals surface area contributed by atoms with Crippen molar-refractivity contribution in [1.82, 2.24) is 25.2 Å². The normalized spacial score (nSPS) is 15.9. The highest BCUT2D eigenvalue weighted by atomic mass is 32.2.